The highest BCUT2D eigenvalue weighted by Crippen LogP contribution is 2.11. The van der Waals surface area contributed by atoms with E-state index in [0.29, 0.717) is 0 Å². The number of aromatic nitrogens is 2. The van der Waals surface area contributed by atoms with Gasteiger partial charge < -0.3 is 5.73 Å². The largest absolute Gasteiger partial charge is 0.327 e. The lowest BCUT2D eigenvalue weighted by Crippen LogP contribution is -2.23. The van der Waals surface area contributed by atoms with Crippen molar-refractivity contribution in [3.63, 3.8) is 0 Å². The molecule has 2 N–H and O–H groups in total. The molecule has 15 heavy (non-hydrogen) atoms. The van der Waals surface area contributed by atoms with E-state index in [1.54, 1.807) is 0 Å². The Balaban J connectivity index is 2.93. The van der Waals surface area contributed by atoms with E-state index in [1.807, 2.05) is 0 Å². The van der Waals surface area contributed by atoms with Gasteiger partial charge in [-0.25, -0.2) is 9.97 Å². The molecule has 0 aromatic carbocycles. The lowest BCUT2D eigenvalue weighted by Gasteiger charge is -2.11. The summed E-state index contributed by atoms with van der Waals surface area (Å²) in [6.07, 6.45) is 2.75. The van der Waals surface area contributed by atoms with Crippen LogP contribution in [0.2, 0.25) is 0 Å². The van der Waals surface area contributed by atoms with Crippen molar-refractivity contribution in [3.8, 4) is 0 Å². The number of nitrogens with two attached hydrogens (primary N) is 1. The minimum absolute atomic E-state index is 0.177. The first-order valence-electron chi connectivity index (χ1n) is 5.67. The van der Waals surface area contributed by atoms with E-state index in [9.17, 15) is 0 Å². The van der Waals surface area contributed by atoms with Crippen molar-refractivity contribution >= 4 is 0 Å². The van der Waals surface area contributed by atoms with Crippen LogP contribution < -0.4 is 5.73 Å². The zero-order valence-electron chi connectivity index (χ0n) is 10.2. The predicted molar refractivity (Wildman–Crippen MR) is 62.9 cm³/mol. The zero-order valence-corrected chi connectivity index (χ0v) is 10.2. The van der Waals surface area contributed by atoms with E-state index in [-0.39, 0.29) is 6.04 Å². The molecule has 3 heteroatoms. The predicted octanol–water partition coefficient (Wildman–Crippen LogP) is 1.94. The summed E-state index contributed by atoms with van der Waals surface area (Å²) >= 11 is 0. The first-order valence-corrected chi connectivity index (χ1v) is 5.67. The van der Waals surface area contributed by atoms with Crippen molar-refractivity contribution in [1.82, 2.24) is 9.97 Å². The van der Waals surface area contributed by atoms with Crippen LogP contribution in [-0.2, 0) is 12.8 Å². The van der Waals surface area contributed by atoms with Crippen molar-refractivity contribution in [2.24, 2.45) is 5.73 Å². The van der Waals surface area contributed by atoms with E-state index in [2.05, 4.69) is 37.7 Å². The highest BCUT2D eigenvalue weighted by Gasteiger charge is 2.09. The van der Waals surface area contributed by atoms with Crippen molar-refractivity contribution in [2.75, 3.05) is 0 Å². The summed E-state index contributed by atoms with van der Waals surface area (Å²) in [5.74, 6) is 0.886. The normalized spacial score (nSPS) is 12.9. The minimum atomic E-state index is 0.177. The molecular weight excluding hydrogens is 186 g/mol. The molecule has 0 saturated heterocycles. The molecule has 0 aliphatic carbocycles. The third-order valence-corrected chi connectivity index (χ3v) is 2.79. The van der Waals surface area contributed by atoms with Crippen molar-refractivity contribution in [1.29, 1.82) is 0 Å². The van der Waals surface area contributed by atoms with Gasteiger partial charge in [0.05, 0.1) is 0 Å². The first kappa shape index (κ1) is 12.1. The van der Waals surface area contributed by atoms with E-state index >= 15 is 0 Å². The van der Waals surface area contributed by atoms with Crippen LogP contribution in [0.1, 0.15) is 43.0 Å². The van der Waals surface area contributed by atoms with Crippen LogP contribution in [0, 0.1) is 13.8 Å². The molecule has 3 nitrogen and oxygen atoms in total. The monoisotopic (exact) mass is 207 g/mol. The van der Waals surface area contributed by atoms with Gasteiger partial charge >= 0.3 is 0 Å². The van der Waals surface area contributed by atoms with Crippen LogP contribution in [0.15, 0.2) is 0 Å². The maximum atomic E-state index is 5.90. The Hall–Kier alpha value is -0.960. The molecule has 0 aliphatic heterocycles. The average molecular weight is 207 g/mol. The highest BCUT2D eigenvalue weighted by molar-refractivity contribution is 5.24. The molecule has 1 unspecified atom stereocenters. The number of hydrogen-bond acceptors (Lipinski definition) is 3. The molecule has 0 bridgehead atoms. The number of nitrogens with zero attached hydrogens (tertiary/aromatic N) is 2. The van der Waals surface area contributed by atoms with Gasteiger partial charge in [0.1, 0.15) is 5.82 Å². The molecule has 1 atom stereocenters. The summed E-state index contributed by atoms with van der Waals surface area (Å²) in [5, 5.41) is 0. The van der Waals surface area contributed by atoms with Crippen molar-refractivity contribution < 1.29 is 0 Å². The van der Waals surface area contributed by atoms with Crippen LogP contribution in [0.25, 0.3) is 0 Å². The van der Waals surface area contributed by atoms with Crippen molar-refractivity contribution in [2.45, 2.75) is 53.0 Å². The van der Waals surface area contributed by atoms with Crippen LogP contribution >= 0.6 is 0 Å². The van der Waals surface area contributed by atoms with Gasteiger partial charge in [0.25, 0.3) is 0 Å². The standard InChI is InChI=1S/C12H21N3/c1-5-10(13)7-12-14-8(3)11(6-2)9(4)15-12/h10H,5-7,13H2,1-4H3. The van der Waals surface area contributed by atoms with Crippen LogP contribution in [0.4, 0.5) is 0 Å². The molecule has 0 radical (unpaired) electrons. The van der Waals surface area contributed by atoms with Gasteiger partial charge in [0.15, 0.2) is 0 Å². The Labute approximate surface area is 92.1 Å². The van der Waals surface area contributed by atoms with E-state index in [0.717, 1.165) is 36.5 Å². The molecule has 0 spiro atoms. The molecule has 0 aliphatic rings. The molecule has 1 heterocycles. The molecular formula is C12H21N3. The molecule has 1 aromatic heterocycles. The van der Waals surface area contributed by atoms with Gasteiger partial charge in [-0.05, 0) is 32.3 Å². The lowest BCUT2D eigenvalue weighted by atomic mass is 10.1. The zero-order chi connectivity index (χ0) is 11.4. The van der Waals surface area contributed by atoms with Crippen LogP contribution in [0.3, 0.4) is 0 Å². The smallest absolute Gasteiger partial charge is 0.130 e. The summed E-state index contributed by atoms with van der Waals surface area (Å²) in [4.78, 5) is 9.00. The van der Waals surface area contributed by atoms with Gasteiger partial charge in [0, 0.05) is 23.9 Å². The Morgan fingerprint density at radius 2 is 1.67 bits per heavy atom. The fourth-order valence-electron chi connectivity index (χ4n) is 1.79. The highest BCUT2D eigenvalue weighted by atomic mass is 14.9. The summed E-state index contributed by atoms with van der Waals surface area (Å²) in [6.45, 7) is 8.32. The van der Waals surface area contributed by atoms with Gasteiger partial charge in [-0.3, -0.25) is 0 Å². The number of hydrogen-bond donors (Lipinski definition) is 1. The van der Waals surface area contributed by atoms with Crippen molar-refractivity contribution in [3.05, 3.63) is 22.8 Å². The topological polar surface area (TPSA) is 51.8 Å². The molecule has 84 valence electrons. The first-order chi connectivity index (χ1) is 7.08. The van der Waals surface area contributed by atoms with Crippen LogP contribution in [0.5, 0.6) is 0 Å². The lowest BCUT2D eigenvalue weighted by molar-refractivity contribution is 0.620. The Bertz CT molecular complexity index is 311. The SMILES string of the molecule is CCc1c(C)nc(CC(N)CC)nc1C. The number of aryl methyl sites for hydroxylation is 2. The summed E-state index contributed by atoms with van der Waals surface area (Å²) in [5.41, 5.74) is 9.36. The second kappa shape index (κ2) is 5.21. The Morgan fingerprint density at radius 3 is 2.07 bits per heavy atom. The third kappa shape index (κ3) is 2.99. The van der Waals surface area contributed by atoms with Gasteiger partial charge in [-0.2, -0.15) is 0 Å². The van der Waals surface area contributed by atoms with Gasteiger partial charge in [0.2, 0.25) is 0 Å². The summed E-state index contributed by atoms with van der Waals surface area (Å²) in [6, 6.07) is 0.177. The quantitative estimate of drug-likeness (QED) is 0.821. The Morgan fingerprint density at radius 1 is 1.13 bits per heavy atom. The molecule has 1 rings (SSSR count). The number of rotatable bonds is 4. The van der Waals surface area contributed by atoms with E-state index in [1.165, 1.54) is 5.56 Å². The molecule has 0 saturated carbocycles. The second-order valence-corrected chi connectivity index (χ2v) is 4.02. The van der Waals surface area contributed by atoms with E-state index < -0.39 is 0 Å². The van der Waals surface area contributed by atoms with Gasteiger partial charge in [-0.15, -0.1) is 0 Å². The van der Waals surface area contributed by atoms with Crippen LogP contribution in [-0.4, -0.2) is 16.0 Å². The molecule has 0 fully saturated rings. The summed E-state index contributed by atoms with van der Waals surface area (Å²) < 4.78 is 0. The second-order valence-electron chi connectivity index (χ2n) is 4.02. The fraction of sp³-hybridized carbons (Fsp3) is 0.667. The minimum Gasteiger partial charge on any atom is -0.327 e. The molecule has 1 aromatic rings. The third-order valence-electron chi connectivity index (χ3n) is 2.79. The summed E-state index contributed by atoms with van der Waals surface area (Å²) in [7, 11) is 0. The maximum Gasteiger partial charge on any atom is 0.130 e. The van der Waals surface area contributed by atoms with E-state index in [4.69, 9.17) is 5.73 Å². The molecule has 0 amide bonds. The maximum absolute atomic E-state index is 5.90. The Kier molecular flexibility index (Phi) is 4.21. The fourth-order valence-corrected chi connectivity index (χ4v) is 1.79. The van der Waals surface area contributed by atoms with Gasteiger partial charge in [-0.1, -0.05) is 13.8 Å². The average Bonchev–Trinajstić information content (AvgIpc) is 2.17.